The summed E-state index contributed by atoms with van der Waals surface area (Å²) in [5.41, 5.74) is 1.44. The van der Waals surface area contributed by atoms with E-state index in [1.54, 1.807) is 24.3 Å². The predicted octanol–water partition coefficient (Wildman–Crippen LogP) is 1.82. The first kappa shape index (κ1) is 17.6. The molecule has 8 nitrogen and oxygen atoms in total. The van der Waals surface area contributed by atoms with Crippen molar-refractivity contribution in [2.45, 2.75) is 13.0 Å². The lowest BCUT2D eigenvalue weighted by atomic mass is 9.93. The van der Waals surface area contributed by atoms with Crippen LogP contribution in [0.3, 0.4) is 0 Å². The molecule has 0 aromatic heterocycles. The first-order chi connectivity index (χ1) is 13.4. The molecule has 0 bridgehead atoms. The monoisotopic (exact) mass is 378 g/mol. The van der Waals surface area contributed by atoms with Crippen molar-refractivity contribution in [1.82, 2.24) is 0 Å². The summed E-state index contributed by atoms with van der Waals surface area (Å²) in [7, 11) is 0. The highest BCUT2D eigenvalue weighted by Crippen LogP contribution is 2.34. The minimum absolute atomic E-state index is 0.0242. The van der Waals surface area contributed by atoms with Crippen LogP contribution in [0.1, 0.15) is 26.3 Å². The second-order valence-corrected chi connectivity index (χ2v) is 6.54. The van der Waals surface area contributed by atoms with E-state index in [-0.39, 0.29) is 17.0 Å². The largest absolute Gasteiger partial charge is 0.478 e. The molecule has 2 amide bonds. The highest BCUT2D eigenvalue weighted by Gasteiger charge is 2.57. The second-order valence-electron chi connectivity index (χ2n) is 6.54. The van der Waals surface area contributed by atoms with Crippen molar-refractivity contribution in [3.63, 3.8) is 0 Å². The molecule has 0 aliphatic carbocycles. The minimum atomic E-state index is -1.20. The number of benzene rings is 2. The fourth-order valence-electron chi connectivity index (χ4n) is 3.23. The van der Waals surface area contributed by atoms with Crippen LogP contribution >= 0.6 is 0 Å². The van der Waals surface area contributed by atoms with Crippen LogP contribution in [-0.2, 0) is 14.4 Å². The summed E-state index contributed by atoms with van der Waals surface area (Å²) >= 11 is 0. The van der Waals surface area contributed by atoms with Gasteiger partial charge >= 0.3 is 5.97 Å². The summed E-state index contributed by atoms with van der Waals surface area (Å²) in [6, 6.07) is 12.1. The Hall–Kier alpha value is -3.81. The number of amides is 2. The maximum Gasteiger partial charge on any atom is 0.335 e. The summed E-state index contributed by atoms with van der Waals surface area (Å²) < 4.78 is 0. The standard InChI is InChI=1S/C20H14N2O6/c1-10-2-4-11(5-3-10)16(23)15-14-17(28-21-15)19(25)22(18(14)24)13-8-6-12(7-9-13)20(26)27/h2-9,14,17H,1H3,(H,26,27)/t14-,17-/m1/s1. The Labute approximate surface area is 159 Å². The van der Waals surface area contributed by atoms with Crippen molar-refractivity contribution in [2.75, 3.05) is 4.90 Å². The van der Waals surface area contributed by atoms with Crippen molar-refractivity contribution in [2.24, 2.45) is 11.1 Å². The average molecular weight is 378 g/mol. The molecular weight excluding hydrogens is 364 g/mol. The molecule has 0 radical (unpaired) electrons. The van der Waals surface area contributed by atoms with E-state index in [4.69, 9.17) is 9.94 Å². The number of Topliss-reactive ketones (excluding diaryl/α,β-unsaturated/α-hetero) is 1. The third-order valence-corrected chi connectivity index (χ3v) is 4.73. The van der Waals surface area contributed by atoms with E-state index in [1.165, 1.54) is 24.3 Å². The zero-order valence-corrected chi connectivity index (χ0v) is 14.7. The summed E-state index contributed by atoms with van der Waals surface area (Å²) in [6.45, 7) is 1.88. The molecule has 8 heteroatoms. The summed E-state index contributed by atoms with van der Waals surface area (Å²) in [5, 5.41) is 12.7. The average Bonchev–Trinajstić information content (AvgIpc) is 3.22. The fraction of sp³-hybridized carbons (Fsp3) is 0.150. The number of fused-ring (bicyclic) bond motifs is 1. The van der Waals surface area contributed by atoms with Crippen LogP contribution in [0.5, 0.6) is 0 Å². The minimum Gasteiger partial charge on any atom is -0.478 e. The van der Waals surface area contributed by atoms with Gasteiger partial charge in [0.1, 0.15) is 11.6 Å². The van der Waals surface area contributed by atoms with E-state index in [2.05, 4.69) is 5.16 Å². The van der Waals surface area contributed by atoms with E-state index in [1.807, 2.05) is 6.92 Å². The molecule has 2 atom stereocenters. The number of carbonyl (C=O) groups is 4. The summed E-state index contributed by atoms with van der Waals surface area (Å²) in [6.07, 6.45) is -1.20. The van der Waals surface area contributed by atoms with Crippen molar-refractivity contribution in [3.8, 4) is 0 Å². The molecule has 2 aliphatic rings. The number of hydrogen-bond acceptors (Lipinski definition) is 6. The normalized spacial score (nSPS) is 20.6. The Kier molecular flexibility index (Phi) is 4.03. The number of carbonyl (C=O) groups excluding carboxylic acids is 3. The van der Waals surface area contributed by atoms with E-state index >= 15 is 0 Å². The zero-order chi connectivity index (χ0) is 20.0. The number of hydrogen-bond donors (Lipinski definition) is 1. The van der Waals surface area contributed by atoms with Gasteiger partial charge in [-0.2, -0.15) is 0 Å². The Balaban J connectivity index is 1.63. The van der Waals surface area contributed by atoms with Crippen LogP contribution in [0.25, 0.3) is 0 Å². The van der Waals surface area contributed by atoms with Gasteiger partial charge in [0.2, 0.25) is 17.8 Å². The highest BCUT2D eigenvalue weighted by molar-refractivity contribution is 6.52. The number of nitrogens with zero attached hydrogens (tertiary/aromatic N) is 2. The van der Waals surface area contributed by atoms with Crippen LogP contribution in [0.4, 0.5) is 5.69 Å². The molecule has 4 rings (SSSR count). The number of carboxylic acids is 1. The number of aromatic carboxylic acids is 1. The SMILES string of the molecule is Cc1ccc(C(=O)C2=NO[C@H]3C(=O)N(c4ccc(C(=O)O)cc4)C(=O)[C@H]23)cc1. The van der Waals surface area contributed by atoms with Crippen molar-refractivity contribution >= 4 is 35.0 Å². The quantitative estimate of drug-likeness (QED) is 0.641. The molecule has 0 unspecified atom stereocenters. The molecule has 2 aliphatic heterocycles. The first-order valence-electron chi connectivity index (χ1n) is 8.44. The van der Waals surface area contributed by atoms with E-state index in [9.17, 15) is 19.2 Å². The molecular formula is C20H14N2O6. The molecule has 140 valence electrons. The molecule has 2 aromatic carbocycles. The molecule has 0 spiro atoms. The third-order valence-electron chi connectivity index (χ3n) is 4.73. The van der Waals surface area contributed by atoms with Gasteiger partial charge in [-0.15, -0.1) is 0 Å². The number of anilines is 1. The zero-order valence-electron chi connectivity index (χ0n) is 14.7. The Bertz CT molecular complexity index is 1040. The lowest BCUT2D eigenvalue weighted by Crippen LogP contribution is -2.34. The van der Waals surface area contributed by atoms with Crippen molar-refractivity contribution in [3.05, 3.63) is 65.2 Å². The highest BCUT2D eigenvalue weighted by atomic mass is 16.7. The van der Waals surface area contributed by atoms with Crippen molar-refractivity contribution in [1.29, 1.82) is 0 Å². The van der Waals surface area contributed by atoms with Gasteiger partial charge in [-0.1, -0.05) is 35.0 Å². The van der Waals surface area contributed by atoms with Gasteiger partial charge in [0.25, 0.3) is 5.91 Å². The van der Waals surface area contributed by atoms with Gasteiger partial charge in [-0.05, 0) is 31.2 Å². The topological polar surface area (TPSA) is 113 Å². The van der Waals surface area contributed by atoms with Gasteiger partial charge in [0.05, 0.1) is 11.3 Å². The van der Waals surface area contributed by atoms with Crippen molar-refractivity contribution < 1.29 is 29.1 Å². The lowest BCUT2D eigenvalue weighted by Gasteiger charge is -2.15. The number of ketones is 1. The maximum absolute atomic E-state index is 12.9. The summed E-state index contributed by atoms with van der Waals surface area (Å²) in [4.78, 5) is 55.3. The van der Waals surface area contributed by atoms with E-state index in [0.29, 0.717) is 5.56 Å². The predicted molar refractivity (Wildman–Crippen MR) is 97.2 cm³/mol. The smallest absolute Gasteiger partial charge is 0.335 e. The molecule has 1 saturated heterocycles. The Morgan fingerprint density at radius 3 is 2.18 bits per heavy atom. The van der Waals surface area contributed by atoms with Gasteiger partial charge in [-0.3, -0.25) is 14.4 Å². The van der Waals surface area contributed by atoms with Gasteiger partial charge in [0.15, 0.2) is 0 Å². The molecule has 1 N–H and O–H groups in total. The molecule has 0 saturated carbocycles. The van der Waals surface area contributed by atoms with Crippen LogP contribution in [-0.4, -0.2) is 40.5 Å². The van der Waals surface area contributed by atoms with E-state index < -0.39 is 35.6 Å². The number of rotatable bonds is 4. The van der Waals surface area contributed by atoms with Crippen LogP contribution < -0.4 is 4.90 Å². The Morgan fingerprint density at radius 2 is 1.57 bits per heavy atom. The van der Waals surface area contributed by atoms with Gasteiger partial charge < -0.3 is 9.94 Å². The van der Waals surface area contributed by atoms with E-state index in [0.717, 1.165) is 10.5 Å². The maximum atomic E-state index is 12.9. The molecule has 28 heavy (non-hydrogen) atoms. The fourth-order valence-corrected chi connectivity index (χ4v) is 3.23. The number of aryl methyl sites for hydroxylation is 1. The lowest BCUT2D eigenvalue weighted by molar-refractivity contribution is -0.126. The van der Waals surface area contributed by atoms with Crippen LogP contribution in [0.15, 0.2) is 53.7 Å². The first-order valence-corrected chi connectivity index (χ1v) is 8.44. The van der Waals surface area contributed by atoms with Gasteiger partial charge in [0, 0.05) is 5.56 Å². The molecule has 2 aromatic rings. The second kappa shape index (κ2) is 6.41. The third kappa shape index (κ3) is 2.66. The number of oxime groups is 1. The number of imide groups is 1. The molecule has 2 heterocycles. The van der Waals surface area contributed by atoms with Crippen LogP contribution in [0.2, 0.25) is 0 Å². The molecule has 1 fully saturated rings. The van der Waals surface area contributed by atoms with Crippen LogP contribution in [0, 0.1) is 12.8 Å². The Morgan fingerprint density at radius 1 is 0.964 bits per heavy atom. The summed E-state index contributed by atoms with van der Waals surface area (Å²) in [5.74, 6) is -4.00. The number of carboxylic acid groups (broad SMARTS) is 1. The van der Waals surface area contributed by atoms with Gasteiger partial charge in [-0.25, -0.2) is 9.69 Å².